The summed E-state index contributed by atoms with van der Waals surface area (Å²) in [5.41, 5.74) is -2.96. The lowest BCUT2D eigenvalue weighted by Crippen LogP contribution is -2.27. The van der Waals surface area contributed by atoms with Gasteiger partial charge in [0.2, 0.25) is 0 Å². The summed E-state index contributed by atoms with van der Waals surface area (Å²) in [7, 11) is 0. The first-order chi connectivity index (χ1) is 14.9. The van der Waals surface area contributed by atoms with Crippen LogP contribution in [0.1, 0.15) is 59.5 Å². The van der Waals surface area contributed by atoms with Gasteiger partial charge in [0.15, 0.2) is 0 Å². The van der Waals surface area contributed by atoms with Crippen LogP contribution in [0.2, 0.25) is 0 Å². The SMILES string of the molecule is O=c1[nH]c(/C(=C/C2CCC(O)N2)c2cc(C(F)(F)F)cc(C(F)(F)F)c2)ccc1C1CC1. The minimum atomic E-state index is -4.99. The smallest absolute Gasteiger partial charge is 0.379 e. The van der Waals surface area contributed by atoms with Gasteiger partial charge in [0.05, 0.1) is 11.1 Å². The zero-order valence-electron chi connectivity index (χ0n) is 16.6. The number of halogens is 6. The molecule has 2 aromatic rings. The summed E-state index contributed by atoms with van der Waals surface area (Å²) < 4.78 is 80.3. The van der Waals surface area contributed by atoms with E-state index in [0.717, 1.165) is 12.8 Å². The van der Waals surface area contributed by atoms with Crippen molar-refractivity contribution in [2.75, 3.05) is 0 Å². The van der Waals surface area contributed by atoms with E-state index in [0.29, 0.717) is 30.5 Å². The van der Waals surface area contributed by atoms with Crippen LogP contribution in [0, 0.1) is 0 Å². The van der Waals surface area contributed by atoms with Gasteiger partial charge in [-0.2, -0.15) is 26.3 Å². The molecular weight excluding hydrogens is 438 g/mol. The fourth-order valence-electron chi connectivity index (χ4n) is 3.89. The number of alkyl halides is 6. The van der Waals surface area contributed by atoms with Crippen molar-refractivity contribution in [1.29, 1.82) is 0 Å². The van der Waals surface area contributed by atoms with Crippen LogP contribution in [0.4, 0.5) is 26.3 Å². The van der Waals surface area contributed by atoms with Gasteiger partial charge >= 0.3 is 12.4 Å². The van der Waals surface area contributed by atoms with Gasteiger partial charge in [0, 0.05) is 22.9 Å². The summed E-state index contributed by atoms with van der Waals surface area (Å²) >= 11 is 0. The molecule has 1 aromatic heterocycles. The molecule has 1 saturated heterocycles. The van der Waals surface area contributed by atoms with Crippen molar-refractivity contribution in [3.8, 4) is 0 Å². The Bertz CT molecular complexity index is 1070. The largest absolute Gasteiger partial charge is 0.416 e. The van der Waals surface area contributed by atoms with E-state index in [1.165, 1.54) is 12.1 Å². The molecule has 2 atom stereocenters. The van der Waals surface area contributed by atoms with Crippen LogP contribution >= 0.6 is 0 Å². The van der Waals surface area contributed by atoms with Crippen molar-refractivity contribution in [2.24, 2.45) is 0 Å². The lowest BCUT2D eigenvalue weighted by atomic mass is 9.94. The van der Waals surface area contributed by atoms with Crippen LogP contribution in [0.15, 0.2) is 41.2 Å². The predicted molar refractivity (Wildman–Crippen MR) is 105 cm³/mol. The third kappa shape index (κ3) is 4.91. The maximum absolute atomic E-state index is 13.4. The summed E-state index contributed by atoms with van der Waals surface area (Å²) in [6.07, 6.45) is -6.84. The van der Waals surface area contributed by atoms with E-state index in [-0.39, 0.29) is 28.8 Å². The monoisotopic (exact) mass is 458 g/mol. The van der Waals surface area contributed by atoms with Crippen molar-refractivity contribution in [3.63, 3.8) is 0 Å². The Labute approximate surface area is 179 Å². The minimum Gasteiger partial charge on any atom is -0.379 e. The number of H-pyrrole nitrogens is 1. The molecule has 0 bridgehead atoms. The van der Waals surface area contributed by atoms with Crippen LogP contribution in [-0.2, 0) is 12.4 Å². The van der Waals surface area contributed by atoms with Gasteiger partial charge in [-0.15, -0.1) is 0 Å². The second-order valence-corrected chi connectivity index (χ2v) is 8.17. The van der Waals surface area contributed by atoms with E-state index in [1.54, 1.807) is 6.07 Å². The highest BCUT2D eigenvalue weighted by Crippen LogP contribution is 2.40. The maximum atomic E-state index is 13.4. The van der Waals surface area contributed by atoms with E-state index >= 15 is 0 Å². The standard InChI is InChI=1S/C22H20F6N2O2/c23-21(24,25)13-7-12(8-14(9-13)22(26,27)28)17(10-15-3-6-19(31)29-15)18-5-4-16(11-1-2-11)20(32)30-18/h4-5,7-11,15,19,29,31H,1-3,6H2,(H,30,32)/b17-10+. The topological polar surface area (TPSA) is 65.1 Å². The highest BCUT2D eigenvalue weighted by Gasteiger charge is 2.37. The lowest BCUT2D eigenvalue weighted by molar-refractivity contribution is -0.143. The molecule has 4 nitrogen and oxygen atoms in total. The van der Waals surface area contributed by atoms with Crippen LogP contribution in [-0.4, -0.2) is 22.4 Å². The Balaban J connectivity index is 1.87. The molecule has 0 spiro atoms. The third-order valence-corrected chi connectivity index (χ3v) is 5.67. The number of aliphatic hydroxyl groups is 1. The van der Waals surface area contributed by atoms with Gasteiger partial charge < -0.3 is 10.1 Å². The third-order valence-electron chi connectivity index (χ3n) is 5.67. The Hall–Kier alpha value is -2.59. The molecule has 3 N–H and O–H groups in total. The van der Waals surface area contributed by atoms with Gasteiger partial charge in [0.25, 0.3) is 5.56 Å². The van der Waals surface area contributed by atoms with E-state index < -0.39 is 41.3 Å². The first-order valence-electron chi connectivity index (χ1n) is 10.1. The van der Waals surface area contributed by atoms with E-state index in [1.807, 2.05) is 0 Å². The van der Waals surface area contributed by atoms with Crippen molar-refractivity contribution in [2.45, 2.75) is 56.2 Å². The molecule has 1 saturated carbocycles. The van der Waals surface area contributed by atoms with Crippen molar-refractivity contribution >= 4 is 5.57 Å². The van der Waals surface area contributed by atoms with Crippen LogP contribution in [0.25, 0.3) is 5.57 Å². The molecule has 10 heteroatoms. The number of aromatic amines is 1. The molecule has 0 radical (unpaired) electrons. The Morgan fingerprint density at radius 1 is 0.938 bits per heavy atom. The number of rotatable bonds is 4. The minimum absolute atomic E-state index is 0.0210. The fourth-order valence-corrected chi connectivity index (χ4v) is 3.89. The van der Waals surface area contributed by atoms with E-state index in [9.17, 15) is 36.2 Å². The second-order valence-electron chi connectivity index (χ2n) is 8.17. The summed E-state index contributed by atoms with van der Waals surface area (Å²) in [5, 5.41) is 12.5. The van der Waals surface area contributed by atoms with Gasteiger partial charge in [-0.25, -0.2) is 0 Å². The Morgan fingerprint density at radius 2 is 1.56 bits per heavy atom. The highest BCUT2D eigenvalue weighted by molar-refractivity contribution is 5.79. The molecule has 4 rings (SSSR count). The average Bonchev–Trinajstić information content (AvgIpc) is 3.45. The number of aliphatic hydroxyl groups excluding tert-OH is 1. The molecule has 2 aliphatic rings. The molecule has 1 aromatic carbocycles. The molecule has 2 heterocycles. The number of hydrogen-bond donors (Lipinski definition) is 3. The predicted octanol–water partition coefficient (Wildman–Crippen LogP) is 4.79. The first-order valence-corrected chi connectivity index (χ1v) is 10.1. The molecule has 32 heavy (non-hydrogen) atoms. The van der Waals surface area contributed by atoms with Crippen LogP contribution in [0.5, 0.6) is 0 Å². The molecule has 2 unspecified atom stereocenters. The van der Waals surface area contributed by atoms with Crippen molar-refractivity contribution in [3.05, 3.63) is 74.7 Å². The van der Waals surface area contributed by atoms with Crippen LogP contribution < -0.4 is 10.9 Å². The number of benzene rings is 1. The summed E-state index contributed by atoms with van der Waals surface area (Å²) in [6.45, 7) is 0. The zero-order valence-corrected chi connectivity index (χ0v) is 16.6. The molecular formula is C22H20F6N2O2. The molecule has 2 fully saturated rings. The molecule has 1 aliphatic heterocycles. The quantitative estimate of drug-likeness (QED) is 0.578. The molecule has 172 valence electrons. The van der Waals surface area contributed by atoms with Crippen molar-refractivity contribution in [1.82, 2.24) is 10.3 Å². The van der Waals surface area contributed by atoms with Gasteiger partial charge in [-0.05, 0) is 61.4 Å². The average molecular weight is 458 g/mol. The summed E-state index contributed by atoms with van der Waals surface area (Å²) in [6, 6.07) is 3.92. The fraction of sp³-hybridized carbons (Fsp3) is 0.409. The molecule has 0 amide bonds. The summed E-state index contributed by atoms with van der Waals surface area (Å²) in [4.78, 5) is 15.1. The number of pyridine rings is 1. The second kappa shape index (κ2) is 8.08. The Kier molecular flexibility index (Phi) is 5.70. The van der Waals surface area contributed by atoms with E-state index in [2.05, 4.69) is 10.3 Å². The number of hydrogen-bond acceptors (Lipinski definition) is 3. The highest BCUT2D eigenvalue weighted by atomic mass is 19.4. The van der Waals surface area contributed by atoms with E-state index in [4.69, 9.17) is 0 Å². The normalized spacial score (nSPS) is 22.4. The number of nitrogens with one attached hydrogen (secondary N) is 2. The lowest BCUT2D eigenvalue weighted by Gasteiger charge is -2.18. The molecule has 1 aliphatic carbocycles. The maximum Gasteiger partial charge on any atom is 0.416 e. The Morgan fingerprint density at radius 3 is 2.03 bits per heavy atom. The van der Waals surface area contributed by atoms with Crippen LogP contribution in [0.3, 0.4) is 0 Å². The summed E-state index contributed by atoms with van der Waals surface area (Å²) in [5.74, 6) is 0.122. The van der Waals surface area contributed by atoms with Gasteiger partial charge in [0.1, 0.15) is 6.23 Å². The van der Waals surface area contributed by atoms with Gasteiger partial charge in [-0.3, -0.25) is 10.1 Å². The first kappa shape index (κ1) is 22.6. The zero-order chi connectivity index (χ0) is 23.3. The van der Waals surface area contributed by atoms with Gasteiger partial charge in [-0.1, -0.05) is 12.1 Å². The number of aromatic nitrogens is 1. The van der Waals surface area contributed by atoms with Crippen molar-refractivity contribution < 1.29 is 31.4 Å².